The standard InChI is InChI=1S/C8H13N3O2/c1-5(2)6(3)11-4-7(8(12)13)9-10-11/h4-6H,1-3H3,(H,12,13). The molecule has 5 nitrogen and oxygen atoms in total. The summed E-state index contributed by atoms with van der Waals surface area (Å²) in [6.07, 6.45) is 1.45. The van der Waals surface area contributed by atoms with Crippen LogP contribution in [0.3, 0.4) is 0 Å². The molecule has 13 heavy (non-hydrogen) atoms. The number of rotatable bonds is 3. The van der Waals surface area contributed by atoms with Crippen LogP contribution >= 0.6 is 0 Å². The van der Waals surface area contributed by atoms with Crippen LogP contribution in [0.1, 0.15) is 37.3 Å². The molecule has 0 fully saturated rings. The Hall–Kier alpha value is -1.39. The number of nitrogens with zero attached hydrogens (tertiary/aromatic N) is 3. The number of hydrogen-bond acceptors (Lipinski definition) is 3. The second kappa shape index (κ2) is 3.55. The maximum Gasteiger partial charge on any atom is 0.358 e. The van der Waals surface area contributed by atoms with E-state index in [2.05, 4.69) is 10.3 Å². The highest BCUT2D eigenvalue weighted by Gasteiger charge is 2.14. The minimum atomic E-state index is -1.04. The van der Waals surface area contributed by atoms with Crippen molar-refractivity contribution in [2.75, 3.05) is 0 Å². The molecular weight excluding hydrogens is 170 g/mol. The number of hydrogen-bond donors (Lipinski definition) is 1. The molecule has 1 atom stereocenters. The van der Waals surface area contributed by atoms with E-state index in [1.807, 2.05) is 20.8 Å². The van der Waals surface area contributed by atoms with E-state index in [1.54, 1.807) is 4.68 Å². The van der Waals surface area contributed by atoms with Gasteiger partial charge >= 0.3 is 5.97 Å². The lowest BCUT2D eigenvalue weighted by atomic mass is 10.1. The van der Waals surface area contributed by atoms with Gasteiger partial charge in [-0.05, 0) is 12.8 Å². The van der Waals surface area contributed by atoms with Crippen LogP contribution in [0.25, 0.3) is 0 Å². The Morgan fingerprint density at radius 3 is 2.54 bits per heavy atom. The van der Waals surface area contributed by atoms with Gasteiger partial charge in [0.05, 0.1) is 12.2 Å². The molecule has 0 amide bonds. The second-order valence-corrected chi connectivity index (χ2v) is 3.37. The average molecular weight is 183 g/mol. The van der Waals surface area contributed by atoms with Gasteiger partial charge in [0.25, 0.3) is 0 Å². The molecule has 1 heterocycles. The van der Waals surface area contributed by atoms with Crippen LogP contribution in [0.5, 0.6) is 0 Å². The first-order valence-corrected chi connectivity index (χ1v) is 4.17. The van der Waals surface area contributed by atoms with E-state index in [-0.39, 0.29) is 11.7 Å². The summed E-state index contributed by atoms with van der Waals surface area (Å²) in [4.78, 5) is 10.5. The number of carboxylic acids is 1. The Kier molecular flexibility index (Phi) is 2.65. The van der Waals surface area contributed by atoms with E-state index in [4.69, 9.17) is 5.11 Å². The van der Waals surface area contributed by atoms with E-state index < -0.39 is 5.97 Å². The van der Waals surface area contributed by atoms with Gasteiger partial charge in [-0.15, -0.1) is 5.10 Å². The quantitative estimate of drug-likeness (QED) is 0.764. The first-order chi connectivity index (χ1) is 6.02. The van der Waals surface area contributed by atoms with E-state index in [0.29, 0.717) is 5.92 Å². The van der Waals surface area contributed by atoms with Crippen molar-refractivity contribution in [3.63, 3.8) is 0 Å². The Labute approximate surface area is 76.4 Å². The minimum absolute atomic E-state index is 0.00694. The summed E-state index contributed by atoms with van der Waals surface area (Å²) >= 11 is 0. The smallest absolute Gasteiger partial charge is 0.358 e. The third-order valence-electron chi connectivity index (χ3n) is 2.11. The normalized spacial score (nSPS) is 13.2. The molecule has 1 N–H and O–H groups in total. The van der Waals surface area contributed by atoms with Gasteiger partial charge in [-0.25, -0.2) is 9.48 Å². The van der Waals surface area contributed by atoms with E-state index in [0.717, 1.165) is 0 Å². The molecule has 0 spiro atoms. The van der Waals surface area contributed by atoms with E-state index in [1.165, 1.54) is 6.20 Å². The number of aromatic nitrogens is 3. The van der Waals surface area contributed by atoms with E-state index in [9.17, 15) is 4.79 Å². The fourth-order valence-electron chi connectivity index (χ4n) is 0.879. The minimum Gasteiger partial charge on any atom is -0.476 e. The van der Waals surface area contributed by atoms with Crippen LogP contribution in [0, 0.1) is 5.92 Å². The lowest BCUT2D eigenvalue weighted by Gasteiger charge is -2.14. The summed E-state index contributed by atoms with van der Waals surface area (Å²) in [7, 11) is 0. The third kappa shape index (κ3) is 2.05. The van der Waals surface area contributed by atoms with Gasteiger partial charge < -0.3 is 5.11 Å². The summed E-state index contributed by atoms with van der Waals surface area (Å²) in [5.74, 6) is -0.634. The van der Waals surface area contributed by atoms with Crippen molar-refractivity contribution < 1.29 is 9.90 Å². The summed E-state index contributed by atoms with van der Waals surface area (Å²) < 4.78 is 1.58. The van der Waals surface area contributed by atoms with Crippen LogP contribution in [-0.2, 0) is 0 Å². The summed E-state index contributed by atoms with van der Waals surface area (Å²) in [6.45, 7) is 6.07. The Morgan fingerprint density at radius 1 is 1.54 bits per heavy atom. The van der Waals surface area contributed by atoms with Crippen LogP contribution in [0.2, 0.25) is 0 Å². The maximum atomic E-state index is 10.5. The van der Waals surface area contributed by atoms with Crippen LogP contribution in [0.15, 0.2) is 6.20 Å². The highest BCUT2D eigenvalue weighted by Crippen LogP contribution is 2.14. The first kappa shape index (κ1) is 9.70. The fourth-order valence-corrected chi connectivity index (χ4v) is 0.879. The fraction of sp³-hybridized carbons (Fsp3) is 0.625. The second-order valence-electron chi connectivity index (χ2n) is 3.37. The van der Waals surface area contributed by atoms with Crippen molar-refractivity contribution in [1.82, 2.24) is 15.0 Å². The summed E-state index contributed by atoms with van der Waals surface area (Å²) in [5.41, 5.74) is -0.00694. The van der Waals surface area contributed by atoms with Crippen molar-refractivity contribution >= 4 is 5.97 Å². The Morgan fingerprint density at radius 2 is 2.15 bits per heavy atom. The number of aromatic carboxylic acids is 1. The molecule has 1 aromatic heterocycles. The zero-order valence-electron chi connectivity index (χ0n) is 7.93. The number of carboxylic acid groups (broad SMARTS) is 1. The van der Waals surface area contributed by atoms with Crippen LogP contribution < -0.4 is 0 Å². The number of carbonyl (C=O) groups is 1. The molecule has 0 aliphatic rings. The summed E-state index contributed by atoms with van der Waals surface area (Å²) in [6, 6.07) is 0.167. The zero-order chi connectivity index (χ0) is 10.0. The molecule has 5 heteroatoms. The van der Waals surface area contributed by atoms with Gasteiger partial charge in [0.15, 0.2) is 5.69 Å². The topological polar surface area (TPSA) is 68.0 Å². The van der Waals surface area contributed by atoms with Gasteiger partial charge in [-0.3, -0.25) is 0 Å². The van der Waals surface area contributed by atoms with Crippen molar-refractivity contribution in [2.24, 2.45) is 5.92 Å². The molecule has 0 aliphatic carbocycles. The van der Waals surface area contributed by atoms with Crippen LogP contribution in [0.4, 0.5) is 0 Å². The SMILES string of the molecule is CC(C)C(C)n1cc(C(=O)O)nn1. The molecule has 0 bridgehead atoms. The van der Waals surface area contributed by atoms with Crippen molar-refractivity contribution in [2.45, 2.75) is 26.8 Å². The molecule has 1 rings (SSSR count). The van der Waals surface area contributed by atoms with Gasteiger partial charge in [-0.1, -0.05) is 19.1 Å². The zero-order valence-corrected chi connectivity index (χ0v) is 7.93. The van der Waals surface area contributed by atoms with Gasteiger partial charge in [-0.2, -0.15) is 0 Å². The van der Waals surface area contributed by atoms with Crippen molar-refractivity contribution in [3.8, 4) is 0 Å². The van der Waals surface area contributed by atoms with Gasteiger partial charge in [0.2, 0.25) is 0 Å². The molecule has 0 aliphatic heterocycles. The molecule has 0 aromatic carbocycles. The highest BCUT2D eigenvalue weighted by atomic mass is 16.4. The van der Waals surface area contributed by atoms with Crippen LogP contribution in [-0.4, -0.2) is 26.1 Å². The molecule has 1 unspecified atom stereocenters. The molecule has 72 valence electrons. The molecule has 0 saturated carbocycles. The Bertz CT molecular complexity index is 306. The van der Waals surface area contributed by atoms with Crippen molar-refractivity contribution in [3.05, 3.63) is 11.9 Å². The lowest BCUT2D eigenvalue weighted by molar-refractivity contribution is 0.0690. The third-order valence-corrected chi connectivity index (χ3v) is 2.11. The monoisotopic (exact) mass is 183 g/mol. The van der Waals surface area contributed by atoms with Gasteiger partial charge in [0, 0.05) is 0 Å². The summed E-state index contributed by atoms with van der Waals surface area (Å²) in [5, 5.41) is 15.9. The molecule has 1 aromatic rings. The predicted molar refractivity (Wildman–Crippen MR) is 46.5 cm³/mol. The predicted octanol–water partition coefficient (Wildman–Crippen LogP) is 1.19. The van der Waals surface area contributed by atoms with Crippen molar-refractivity contribution in [1.29, 1.82) is 0 Å². The largest absolute Gasteiger partial charge is 0.476 e. The average Bonchev–Trinajstić information content (AvgIpc) is 2.50. The van der Waals surface area contributed by atoms with E-state index >= 15 is 0 Å². The highest BCUT2D eigenvalue weighted by molar-refractivity contribution is 5.84. The Balaban J connectivity index is 2.85. The van der Waals surface area contributed by atoms with Gasteiger partial charge in [0.1, 0.15) is 0 Å². The maximum absolute atomic E-state index is 10.5. The lowest BCUT2D eigenvalue weighted by Crippen LogP contribution is -2.12. The first-order valence-electron chi connectivity index (χ1n) is 4.17. The molecule has 0 radical (unpaired) electrons. The molecular formula is C8H13N3O2. The molecule has 0 saturated heterocycles.